The van der Waals surface area contributed by atoms with Gasteiger partial charge < -0.3 is 29.1 Å². The van der Waals surface area contributed by atoms with E-state index >= 15 is 0 Å². The lowest BCUT2D eigenvalue weighted by atomic mass is 10.00. The van der Waals surface area contributed by atoms with Gasteiger partial charge in [-0.15, -0.1) is 0 Å². The van der Waals surface area contributed by atoms with E-state index in [2.05, 4.69) is 0 Å². The third kappa shape index (κ3) is 6.36. The Balaban J connectivity index is 1.35. The molecule has 1 saturated carbocycles. The second-order valence-electron chi connectivity index (χ2n) is 12.3. The number of halogens is 2. The Bertz CT molecular complexity index is 1840. The van der Waals surface area contributed by atoms with Crippen molar-refractivity contribution in [3.63, 3.8) is 0 Å². The first-order chi connectivity index (χ1) is 22.8. The molecule has 6 rings (SSSR count). The van der Waals surface area contributed by atoms with Crippen LogP contribution in [0, 0.1) is 5.21 Å². The zero-order valence-electron chi connectivity index (χ0n) is 26.6. The molecule has 0 radical (unpaired) electrons. The second kappa shape index (κ2) is 13.3. The predicted octanol–water partition coefficient (Wildman–Crippen LogP) is 5.06. The van der Waals surface area contributed by atoms with E-state index in [1.165, 1.54) is 36.3 Å². The summed E-state index contributed by atoms with van der Waals surface area (Å²) in [6, 6.07) is 7.95. The van der Waals surface area contributed by atoms with Crippen molar-refractivity contribution in [3.05, 3.63) is 80.7 Å². The van der Waals surface area contributed by atoms with Crippen LogP contribution in [0.4, 0.5) is 0 Å². The van der Waals surface area contributed by atoms with Crippen LogP contribution in [0.3, 0.4) is 0 Å². The highest BCUT2D eigenvalue weighted by Gasteiger charge is 2.48. The van der Waals surface area contributed by atoms with Crippen molar-refractivity contribution in [1.29, 1.82) is 0 Å². The standard InChI is InChI=1S/C33H35Cl2N3O9S/c1-36(2)31(39)20-8-6-9-21(16-20)48(42,43)38-15-7-10-26(38)32(40)45-28(17-23-24(34)18-37(41)19-25(23)35)22-11-12-27(44-3)30-29(22)46-33(47-30)13-4-5-14-33/h6,8-9,11-12,16,18-19,26,28H,4-5,7,10,13-15,17H2,1-3H3/t26-,28-/m0/s1. The number of sulfonamides is 1. The summed E-state index contributed by atoms with van der Waals surface area (Å²) in [7, 11) is 0.454. The molecule has 48 heavy (non-hydrogen) atoms. The van der Waals surface area contributed by atoms with Gasteiger partial charge in [-0.1, -0.05) is 29.3 Å². The Hall–Kier alpha value is -3.78. The number of fused-ring (bicyclic) bond motifs is 1. The Morgan fingerprint density at radius 1 is 1.08 bits per heavy atom. The molecule has 3 aliphatic rings. The van der Waals surface area contributed by atoms with Gasteiger partial charge in [0.1, 0.15) is 22.2 Å². The van der Waals surface area contributed by atoms with Crippen LogP contribution in [0.2, 0.25) is 10.0 Å². The number of aromatic nitrogens is 1. The van der Waals surface area contributed by atoms with E-state index in [0.29, 0.717) is 52.4 Å². The molecule has 1 saturated heterocycles. The van der Waals surface area contributed by atoms with Crippen LogP contribution < -0.4 is 18.9 Å². The average molecular weight is 721 g/mol. The molecular formula is C33H35Cl2N3O9S. The number of carbonyl (C=O) groups is 2. The Morgan fingerprint density at radius 2 is 1.77 bits per heavy atom. The summed E-state index contributed by atoms with van der Waals surface area (Å²) in [6.07, 6.45) is 4.91. The first-order valence-corrected chi connectivity index (χ1v) is 17.7. The molecule has 1 spiro atoms. The number of nitrogens with zero attached hydrogens (tertiary/aromatic N) is 3. The molecule has 2 aliphatic heterocycles. The van der Waals surface area contributed by atoms with Crippen LogP contribution in [0.15, 0.2) is 53.7 Å². The van der Waals surface area contributed by atoms with Crippen LogP contribution in [-0.4, -0.2) is 69.1 Å². The molecule has 0 N–H and O–H groups in total. The fourth-order valence-electron chi connectivity index (χ4n) is 6.48. The van der Waals surface area contributed by atoms with Crippen molar-refractivity contribution in [2.75, 3.05) is 27.7 Å². The number of methoxy groups -OCH3 is 1. The monoisotopic (exact) mass is 719 g/mol. The van der Waals surface area contributed by atoms with Gasteiger partial charge in [0, 0.05) is 56.6 Å². The quantitative estimate of drug-likeness (QED) is 0.169. The summed E-state index contributed by atoms with van der Waals surface area (Å²) in [5.41, 5.74) is 0.989. The molecule has 2 fully saturated rings. The highest BCUT2D eigenvalue weighted by atomic mass is 35.5. The molecule has 3 heterocycles. The van der Waals surface area contributed by atoms with Gasteiger partial charge in [-0.2, -0.15) is 9.04 Å². The third-order valence-corrected chi connectivity index (χ3v) is 11.4. The Morgan fingerprint density at radius 3 is 2.44 bits per heavy atom. The van der Waals surface area contributed by atoms with Crippen molar-refractivity contribution >= 4 is 45.1 Å². The largest absolute Gasteiger partial charge is 0.619 e. The molecule has 1 amide bonds. The summed E-state index contributed by atoms with van der Waals surface area (Å²) < 4.78 is 54.0. The Labute approximate surface area is 288 Å². The van der Waals surface area contributed by atoms with Crippen LogP contribution in [-0.2, 0) is 26.0 Å². The topological polar surface area (TPSA) is 139 Å². The lowest BCUT2D eigenvalue weighted by Crippen LogP contribution is -2.42. The number of amides is 1. The predicted molar refractivity (Wildman–Crippen MR) is 175 cm³/mol. The van der Waals surface area contributed by atoms with E-state index in [-0.39, 0.29) is 45.8 Å². The molecule has 3 aromatic rings. The minimum atomic E-state index is -4.21. The fourth-order valence-corrected chi connectivity index (χ4v) is 8.77. The van der Waals surface area contributed by atoms with Crippen LogP contribution >= 0.6 is 23.2 Å². The Kier molecular flexibility index (Phi) is 9.42. The van der Waals surface area contributed by atoms with Gasteiger partial charge in [0.2, 0.25) is 15.8 Å². The minimum absolute atomic E-state index is 0.0605. The first-order valence-electron chi connectivity index (χ1n) is 15.5. The van der Waals surface area contributed by atoms with Gasteiger partial charge in [0.05, 0.1) is 12.0 Å². The summed E-state index contributed by atoms with van der Waals surface area (Å²) in [4.78, 5) is 27.9. The molecule has 1 aliphatic carbocycles. The number of pyridine rings is 1. The van der Waals surface area contributed by atoms with Crippen molar-refractivity contribution in [2.24, 2.45) is 0 Å². The zero-order chi connectivity index (χ0) is 34.4. The molecule has 2 atom stereocenters. The van der Waals surface area contributed by atoms with Crippen LogP contribution in [0.5, 0.6) is 17.2 Å². The normalized spacial score (nSPS) is 19.0. The average Bonchev–Trinajstić information content (AvgIpc) is 3.82. The van der Waals surface area contributed by atoms with Gasteiger partial charge in [-0.05, 0) is 56.0 Å². The smallest absolute Gasteiger partial charge is 0.325 e. The maximum atomic E-state index is 14.1. The van der Waals surface area contributed by atoms with E-state index in [9.17, 15) is 23.2 Å². The summed E-state index contributed by atoms with van der Waals surface area (Å²) in [6.45, 7) is 0.0792. The molecular weight excluding hydrogens is 685 g/mol. The molecule has 256 valence electrons. The van der Waals surface area contributed by atoms with Gasteiger partial charge >= 0.3 is 5.97 Å². The molecule has 12 nitrogen and oxygen atoms in total. The van der Waals surface area contributed by atoms with E-state index in [1.54, 1.807) is 26.2 Å². The highest BCUT2D eigenvalue weighted by Crippen LogP contribution is 2.54. The number of esters is 1. The molecule has 0 unspecified atom stereocenters. The van der Waals surface area contributed by atoms with Crippen molar-refractivity contribution in [1.82, 2.24) is 9.21 Å². The number of rotatable bonds is 9. The van der Waals surface area contributed by atoms with Crippen LogP contribution in [0.1, 0.15) is 66.1 Å². The maximum absolute atomic E-state index is 14.1. The van der Waals surface area contributed by atoms with E-state index in [1.807, 2.05) is 0 Å². The van der Waals surface area contributed by atoms with Crippen molar-refractivity contribution < 1.29 is 41.7 Å². The second-order valence-corrected chi connectivity index (χ2v) is 15.0. The number of ether oxygens (including phenoxy) is 4. The number of hydrogen-bond acceptors (Lipinski definition) is 9. The van der Waals surface area contributed by atoms with Gasteiger partial charge in [-0.3, -0.25) is 9.59 Å². The van der Waals surface area contributed by atoms with Crippen molar-refractivity contribution in [3.8, 4) is 17.2 Å². The van der Waals surface area contributed by atoms with E-state index < -0.39 is 33.9 Å². The lowest BCUT2D eigenvalue weighted by molar-refractivity contribution is -0.605. The third-order valence-electron chi connectivity index (χ3n) is 8.89. The first kappa shape index (κ1) is 34.1. The maximum Gasteiger partial charge on any atom is 0.325 e. The van der Waals surface area contributed by atoms with E-state index in [4.69, 9.17) is 42.1 Å². The van der Waals surface area contributed by atoms with Gasteiger partial charge in [0.25, 0.3) is 11.7 Å². The van der Waals surface area contributed by atoms with Gasteiger partial charge in [0.15, 0.2) is 23.9 Å². The zero-order valence-corrected chi connectivity index (χ0v) is 28.9. The van der Waals surface area contributed by atoms with Crippen molar-refractivity contribution in [2.45, 2.75) is 67.8 Å². The molecule has 15 heteroatoms. The summed E-state index contributed by atoms with van der Waals surface area (Å²) in [5, 5.41) is 12.1. The fraction of sp³-hybridized carbons (Fsp3) is 0.424. The molecule has 1 aromatic heterocycles. The molecule has 2 aromatic carbocycles. The summed E-state index contributed by atoms with van der Waals surface area (Å²) in [5.74, 6) is -0.871. The van der Waals surface area contributed by atoms with E-state index in [0.717, 1.165) is 29.5 Å². The van der Waals surface area contributed by atoms with Crippen LogP contribution in [0.25, 0.3) is 0 Å². The summed E-state index contributed by atoms with van der Waals surface area (Å²) >= 11 is 12.9. The minimum Gasteiger partial charge on any atom is -0.619 e. The number of benzene rings is 2. The molecule has 0 bridgehead atoms. The lowest BCUT2D eigenvalue weighted by Gasteiger charge is -2.27. The van der Waals surface area contributed by atoms with Gasteiger partial charge in [-0.25, -0.2) is 8.42 Å². The SMILES string of the molecule is COc1ccc([C@H](Cc2c(Cl)c[n+]([O-])cc2Cl)OC(=O)[C@@H]2CCCN2S(=O)(=O)c2cccc(C(=O)N(C)C)c2)c2c1OC1(CCCC1)O2. The highest BCUT2D eigenvalue weighted by molar-refractivity contribution is 7.89. The number of hydrogen-bond donors (Lipinski definition) is 0. The number of carbonyl (C=O) groups excluding carboxylic acids is 2.